The highest BCUT2D eigenvalue weighted by atomic mass is 35.5. The molecule has 0 unspecified atom stereocenters. The molecule has 19 heavy (non-hydrogen) atoms. The first-order valence-corrected chi connectivity index (χ1v) is 6.41. The number of carbonyl (C=O) groups excluding carboxylic acids is 1. The van der Waals surface area contributed by atoms with Crippen molar-refractivity contribution in [3.05, 3.63) is 64.7 Å². The molecule has 4 heteroatoms. The van der Waals surface area contributed by atoms with Gasteiger partial charge in [-0.2, -0.15) is 0 Å². The summed E-state index contributed by atoms with van der Waals surface area (Å²) in [4.78, 5) is 17.6. The van der Waals surface area contributed by atoms with E-state index in [4.69, 9.17) is 16.4 Å². The van der Waals surface area contributed by atoms with Gasteiger partial charge < -0.3 is 0 Å². The molecule has 3 rings (SSSR count). The van der Waals surface area contributed by atoms with Crippen molar-refractivity contribution in [2.75, 3.05) is 5.48 Å². The van der Waals surface area contributed by atoms with Crippen LogP contribution >= 0.6 is 11.6 Å². The Morgan fingerprint density at radius 1 is 1.11 bits per heavy atom. The third kappa shape index (κ3) is 2.48. The summed E-state index contributed by atoms with van der Waals surface area (Å²) >= 11 is 5.80. The maximum atomic E-state index is 12.1. The third-order valence-corrected chi connectivity index (χ3v) is 3.40. The second-order valence-corrected chi connectivity index (χ2v) is 4.88. The Hall–Kier alpha value is -1.84. The minimum atomic E-state index is -0.465. The number of rotatable bonds is 3. The first kappa shape index (κ1) is 12.2. The Balaban J connectivity index is 1.67. The highest BCUT2D eigenvalue weighted by Crippen LogP contribution is 2.24. The fourth-order valence-electron chi connectivity index (χ4n) is 2.16. The van der Waals surface area contributed by atoms with Gasteiger partial charge in [0, 0.05) is 17.0 Å². The van der Waals surface area contributed by atoms with Crippen LogP contribution in [0.15, 0.2) is 48.5 Å². The van der Waals surface area contributed by atoms with Crippen molar-refractivity contribution in [2.45, 2.75) is 12.5 Å². The van der Waals surface area contributed by atoms with E-state index in [2.05, 4.69) is 5.48 Å². The molecular formula is C15H12ClNO2. The van der Waals surface area contributed by atoms with Gasteiger partial charge in [0.1, 0.15) is 0 Å². The van der Waals surface area contributed by atoms with Gasteiger partial charge in [-0.05, 0) is 29.8 Å². The van der Waals surface area contributed by atoms with Crippen LogP contribution in [0.4, 0.5) is 5.69 Å². The molecule has 0 saturated carbocycles. The molecular weight excluding hydrogens is 262 g/mol. The summed E-state index contributed by atoms with van der Waals surface area (Å²) in [6.07, 6.45) is 0.142. The molecule has 0 spiro atoms. The van der Waals surface area contributed by atoms with E-state index in [0.29, 0.717) is 11.4 Å². The molecule has 0 bridgehead atoms. The predicted molar refractivity (Wildman–Crippen MR) is 74.4 cm³/mol. The van der Waals surface area contributed by atoms with Crippen molar-refractivity contribution in [1.82, 2.24) is 0 Å². The van der Waals surface area contributed by atoms with Crippen molar-refractivity contribution in [3.63, 3.8) is 0 Å². The summed E-state index contributed by atoms with van der Waals surface area (Å²) < 4.78 is 0. The van der Waals surface area contributed by atoms with Gasteiger partial charge in [-0.25, -0.2) is 0 Å². The largest absolute Gasteiger partial charge is 0.291 e. The number of carbonyl (C=O) groups is 1. The Bertz CT molecular complexity index is 610. The van der Waals surface area contributed by atoms with E-state index in [-0.39, 0.29) is 5.78 Å². The summed E-state index contributed by atoms with van der Waals surface area (Å²) in [5, 5.41) is 0.662. The van der Waals surface area contributed by atoms with Crippen molar-refractivity contribution in [1.29, 1.82) is 0 Å². The van der Waals surface area contributed by atoms with Crippen LogP contribution in [0, 0.1) is 0 Å². The van der Waals surface area contributed by atoms with Gasteiger partial charge in [0.05, 0.1) is 5.69 Å². The molecule has 2 aromatic carbocycles. The van der Waals surface area contributed by atoms with Crippen LogP contribution in [-0.4, -0.2) is 11.9 Å². The molecule has 1 aliphatic rings. The van der Waals surface area contributed by atoms with E-state index in [1.165, 1.54) is 0 Å². The summed E-state index contributed by atoms with van der Waals surface area (Å²) in [5.74, 6) is 0.0251. The van der Waals surface area contributed by atoms with Gasteiger partial charge in [0.25, 0.3) is 0 Å². The zero-order valence-corrected chi connectivity index (χ0v) is 10.9. The molecule has 1 N–H and O–H groups in total. The fourth-order valence-corrected chi connectivity index (χ4v) is 2.28. The number of Topliss-reactive ketones (excluding diaryl/α,β-unsaturated/α-hetero) is 1. The van der Waals surface area contributed by atoms with E-state index < -0.39 is 6.10 Å². The Morgan fingerprint density at radius 3 is 2.58 bits per heavy atom. The Morgan fingerprint density at radius 2 is 1.84 bits per heavy atom. The lowest BCUT2D eigenvalue weighted by atomic mass is 10.1. The normalized spacial score (nSPS) is 17.3. The van der Waals surface area contributed by atoms with Crippen molar-refractivity contribution < 1.29 is 9.63 Å². The number of hydrogen-bond acceptors (Lipinski definition) is 3. The molecule has 0 amide bonds. The molecule has 2 aromatic rings. The van der Waals surface area contributed by atoms with E-state index in [0.717, 1.165) is 16.8 Å². The molecule has 1 atom stereocenters. The molecule has 3 nitrogen and oxygen atoms in total. The van der Waals surface area contributed by atoms with Crippen LogP contribution < -0.4 is 5.48 Å². The summed E-state index contributed by atoms with van der Waals surface area (Å²) in [7, 11) is 0. The standard InChI is InChI=1S/C15H12ClNO2/c16-11-5-7-12(8-6-11)17-19-14-9-10-3-1-2-4-13(10)15(14)18/h1-8,14,17H,9H2/t14-/m0/s1. The molecule has 96 valence electrons. The van der Waals surface area contributed by atoms with Crippen LogP contribution in [-0.2, 0) is 11.3 Å². The lowest BCUT2D eigenvalue weighted by Crippen LogP contribution is -2.23. The Kier molecular flexibility index (Phi) is 3.23. The Labute approximate surface area is 116 Å². The van der Waals surface area contributed by atoms with Crippen LogP contribution in [0.25, 0.3) is 0 Å². The van der Waals surface area contributed by atoms with Crippen LogP contribution in [0.2, 0.25) is 5.02 Å². The van der Waals surface area contributed by atoms with Gasteiger partial charge in [-0.15, -0.1) is 0 Å². The number of benzene rings is 2. The lowest BCUT2D eigenvalue weighted by molar-refractivity contribution is 0.0638. The average molecular weight is 274 g/mol. The predicted octanol–water partition coefficient (Wildman–Crippen LogP) is 3.49. The maximum Gasteiger partial charge on any atom is 0.194 e. The second-order valence-electron chi connectivity index (χ2n) is 4.44. The molecule has 0 aliphatic heterocycles. The zero-order valence-electron chi connectivity index (χ0n) is 10.1. The number of anilines is 1. The molecule has 0 radical (unpaired) electrons. The minimum Gasteiger partial charge on any atom is -0.291 e. The number of halogens is 1. The minimum absolute atomic E-state index is 0.0251. The lowest BCUT2D eigenvalue weighted by Gasteiger charge is -2.11. The second kappa shape index (κ2) is 5.03. The number of ketones is 1. The highest BCUT2D eigenvalue weighted by Gasteiger charge is 2.31. The van der Waals surface area contributed by atoms with E-state index in [9.17, 15) is 4.79 Å². The molecule has 1 aliphatic carbocycles. The first-order chi connectivity index (χ1) is 9.24. The molecule has 0 aromatic heterocycles. The van der Waals surface area contributed by atoms with Crippen LogP contribution in [0.1, 0.15) is 15.9 Å². The topological polar surface area (TPSA) is 38.3 Å². The molecule has 0 fully saturated rings. The number of fused-ring (bicyclic) bond motifs is 1. The summed E-state index contributed by atoms with van der Waals surface area (Å²) in [6, 6.07) is 14.7. The zero-order chi connectivity index (χ0) is 13.2. The SMILES string of the molecule is O=C1c2ccccc2C[C@@H]1ONc1ccc(Cl)cc1. The van der Waals surface area contributed by atoms with E-state index in [1.807, 2.05) is 24.3 Å². The van der Waals surface area contributed by atoms with Gasteiger partial charge in [0.15, 0.2) is 11.9 Å². The molecule has 0 saturated heterocycles. The number of hydrogen-bond donors (Lipinski definition) is 1. The van der Waals surface area contributed by atoms with Gasteiger partial charge in [-0.3, -0.25) is 15.1 Å². The quantitative estimate of drug-likeness (QED) is 0.870. The van der Waals surface area contributed by atoms with Gasteiger partial charge >= 0.3 is 0 Å². The summed E-state index contributed by atoms with van der Waals surface area (Å²) in [5.41, 5.74) is 5.36. The van der Waals surface area contributed by atoms with Crippen LogP contribution in [0.5, 0.6) is 0 Å². The number of nitrogens with one attached hydrogen (secondary N) is 1. The van der Waals surface area contributed by atoms with Gasteiger partial charge in [-0.1, -0.05) is 35.9 Å². The smallest absolute Gasteiger partial charge is 0.194 e. The van der Waals surface area contributed by atoms with E-state index >= 15 is 0 Å². The van der Waals surface area contributed by atoms with Crippen LogP contribution in [0.3, 0.4) is 0 Å². The molecule has 0 heterocycles. The highest BCUT2D eigenvalue weighted by molar-refractivity contribution is 6.30. The van der Waals surface area contributed by atoms with E-state index in [1.54, 1.807) is 24.3 Å². The van der Waals surface area contributed by atoms with Gasteiger partial charge in [0.2, 0.25) is 0 Å². The maximum absolute atomic E-state index is 12.1. The van der Waals surface area contributed by atoms with Crippen molar-refractivity contribution in [2.24, 2.45) is 0 Å². The summed E-state index contributed by atoms with van der Waals surface area (Å²) in [6.45, 7) is 0. The fraction of sp³-hybridized carbons (Fsp3) is 0.133. The van der Waals surface area contributed by atoms with Crippen molar-refractivity contribution in [3.8, 4) is 0 Å². The first-order valence-electron chi connectivity index (χ1n) is 6.03. The monoisotopic (exact) mass is 273 g/mol. The third-order valence-electron chi connectivity index (χ3n) is 3.14. The van der Waals surface area contributed by atoms with Crippen molar-refractivity contribution >= 4 is 23.1 Å². The average Bonchev–Trinajstić information content (AvgIpc) is 2.76.